The average molecular weight is 415 g/mol. The maximum atomic E-state index is 12.7. The summed E-state index contributed by atoms with van der Waals surface area (Å²) in [4.78, 5) is 25.0. The molecule has 0 saturated carbocycles. The number of hydrogen-bond acceptors (Lipinski definition) is 5. The van der Waals surface area contributed by atoms with Gasteiger partial charge in [-0.15, -0.1) is 0 Å². The minimum Gasteiger partial charge on any atom is -0.480 e. The molecule has 1 N–H and O–H groups in total. The van der Waals surface area contributed by atoms with E-state index in [1.165, 1.54) is 0 Å². The van der Waals surface area contributed by atoms with Crippen LogP contribution in [0.1, 0.15) is 23.5 Å². The summed E-state index contributed by atoms with van der Waals surface area (Å²) in [6.07, 6.45) is -0.573. The smallest absolute Gasteiger partial charge is 0.410 e. The SMILES string of the molecule is O=C(O)CN(C(=O)OCC1c2ccccc2-c2ccccc21)C1CCS(=O)(=O)C1. The van der Waals surface area contributed by atoms with Crippen molar-refractivity contribution >= 4 is 21.9 Å². The Hall–Kier alpha value is -2.87. The number of fused-ring (bicyclic) bond motifs is 3. The maximum Gasteiger partial charge on any atom is 0.410 e. The van der Waals surface area contributed by atoms with Crippen LogP contribution in [0.4, 0.5) is 4.79 Å². The number of carboxylic acids is 1. The van der Waals surface area contributed by atoms with Gasteiger partial charge >= 0.3 is 12.1 Å². The van der Waals surface area contributed by atoms with E-state index in [4.69, 9.17) is 9.84 Å². The largest absolute Gasteiger partial charge is 0.480 e. The minimum atomic E-state index is -3.26. The Kier molecular flexibility index (Phi) is 5.04. The Balaban J connectivity index is 1.53. The van der Waals surface area contributed by atoms with Crippen molar-refractivity contribution in [3.63, 3.8) is 0 Å². The van der Waals surface area contributed by atoms with Gasteiger partial charge in [-0.3, -0.25) is 9.69 Å². The Labute approximate surface area is 168 Å². The molecule has 0 bridgehead atoms. The van der Waals surface area contributed by atoms with Crippen molar-refractivity contribution in [1.29, 1.82) is 0 Å². The molecule has 7 nitrogen and oxygen atoms in total. The third kappa shape index (κ3) is 3.85. The van der Waals surface area contributed by atoms with Crippen LogP contribution in [0.3, 0.4) is 0 Å². The number of hydrogen-bond donors (Lipinski definition) is 1. The minimum absolute atomic E-state index is 0.0511. The molecule has 1 aliphatic carbocycles. The third-order valence-corrected chi connectivity index (χ3v) is 7.28. The number of aliphatic carboxylic acids is 1. The van der Waals surface area contributed by atoms with Gasteiger partial charge in [0.1, 0.15) is 13.2 Å². The fourth-order valence-corrected chi connectivity index (χ4v) is 5.92. The zero-order valence-corrected chi connectivity index (χ0v) is 16.5. The predicted octanol–water partition coefficient (Wildman–Crippen LogP) is 2.51. The number of benzene rings is 2. The van der Waals surface area contributed by atoms with Crippen molar-refractivity contribution in [1.82, 2.24) is 4.90 Å². The van der Waals surface area contributed by atoms with E-state index in [1.807, 2.05) is 48.5 Å². The molecule has 4 rings (SSSR count). The van der Waals surface area contributed by atoms with Gasteiger partial charge in [-0.2, -0.15) is 0 Å². The van der Waals surface area contributed by atoms with Gasteiger partial charge in [0.25, 0.3) is 0 Å². The third-order valence-electron chi connectivity index (χ3n) is 5.53. The van der Waals surface area contributed by atoms with Crippen LogP contribution < -0.4 is 0 Å². The first-order valence-corrected chi connectivity index (χ1v) is 11.2. The topological polar surface area (TPSA) is 101 Å². The first-order valence-electron chi connectivity index (χ1n) is 9.39. The molecule has 8 heteroatoms. The fourth-order valence-electron chi connectivity index (χ4n) is 4.19. The van der Waals surface area contributed by atoms with Gasteiger partial charge in [0.2, 0.25) is 0 Å². The molecule has 2 aromatic carbocycles. The fraction of sp³-hybridized carbons (Fsp3) is 0.333. The van der Waals surface area contributed by atoms with Crippen molar-refractivity contribution < 1.29 is 27.9 Å². The molecular weight excluding hydrogens is 394 g/mol. The number of amides is 1. The highest BCUT2D eigenvalue weighted by Crippen LogP contribution is 2.44. The van der Waals surface area contributed by atoms with Crippen LogP contribution in [0, 0.1) is 0 Å². The van der Waals surface area contributed by atoms with E-state index in [0.29, 0.717) is 0 Å². The van der Waals surface area contributed by atoms with Gasteiger partial charge in [0, 0.05) is 5.92 Å². The molecule has 1 aliphatic heterocycles. The van der Waals surface area contributed by atoms with E-state index in [2.05, 4.69) is 0 Å². The maximum absolute atomic E-state index is 12.7. The van der Waals surface area contributed by atoms with Crippen molar-refractivity contribution in [2.45, 2.75) is 18.4 Å². The Morgan fingerprint density at radius 3 is 2.14 bits per heavy atom. The van der Waals surface area contributed by atoms with E-state index in [9.17, 15) is 18.0 Å². The van der Waals surface area contributed by atoms with Crippen molar-refractivity contribution in [2.75, 3.05) is 24.7 Å². The molecule has 1 saturated heterocycles. The lowest BCUT2D eigenvalue weighted by molar-refractivity contribution is -0.138. The molecule has 0 radical (unpaired) electrons. The second-order valence-electron chi connectivity index (χ2n) is 7.38. The first-order chi connectivity index (χ1) is 13.9. The number of sulfone groups is 1. The van der Waals surface area contributed by atoms with E-state index in [-0.39, 0.29) is 30.5 Å². The van der Waals surface area contributed by atoms with Crippen molar-refractivity contribution in [3.8, 4) is 11.1 Å². The normalized spacial score (nSPS) is 19.4. The summed E-state index contributed by atoms with van der Waals surface area (Å²) in [6, 6.07) is 15.1. The molecule has 0 aromatic heterocycles. The summed E-state index contributed by atoms with van der Waals surface area (Å²) in [5.74, 6) is -1.64. The lowest BCUT2D eigenvalue weighted by Gasteiger charge is -2.26. The lowest BCUT2D eigenvalue weighted by atomic mass is 9.98. The van der Waals surface area contributed by atoms with Crippen molar-refractivity contribution in [3.05, 3.63) is 59.7 Å². The monoisotopic (exact) mass is 415 g/mol. The molecule has 152 valence electrons. The predicted molar refractivity (Wildman–Crippen MR) is 106 cm³/mol. The second-order valence-corrected chi connectivity index (χ2v) is 9.61. The van der Waals surface area contributed by atoms with Crippen molar-refractivity contribution in [2.24, 2.45) is 0 Å². The molecule has 1 amide bonds. The highest BCUT2D eigenvalue weighted by Gasteiger charge is 2.37. The molecule has 29 heavy (non-hydrogen) atoms. The van der Waals surface area contributed by atoms with Crippen LogP contribution in [0.5, 0.6) is 0 Å². The Morgan fingerprint density at radius 2 is 1.62 bits per heavy atom. The molecule has 1 atom stereocenters. The molecular formula is C21H21NO6S. The summed E-state index contributed by atoms with van der Waals surface area (Å²) in [7, 11) is -3.26. The van der Waals surface area contributed by atoms with E-state index in [1.54, 1.807) is 0 Å². The van der Waals surface area contributed by atoms with Gasteiger partial charge in [-0.1, -0.05) is 48.5 Å². The van der Waals surface area contributed by atoms with E-state index >= 15 is 0 Å². The van der Waals surface area contributed by atoms with Crippen LogP contribution in [-0.4, -0.2) is 61.2 Å². The summed E-state index contributed by atoms with van der Waals surface area (Å²) >= 11 is 0. The van der Waals surface area contributed by atoms with Crippen LogP contribution in [-0.2, 0) is 19.4 Å². The summed E-state index contributed by atoms with van der Waals surface area (Å²) < 4.78 is 29.1. The van der Waals surface area contributed by atoms with E-state index < -0.39 is 34.5 Å². The van der Waals surface area contributed by atoms with Crippen LogP contribution >= 0.6 is 0 Å². The molecule has 1 unspecified atom stereocenters. The summed E-state index contributed by atoms with van der Waals surface area (Å²) in [6.45, 7) is -0.528. The van der Waals surface area contributed by atoms with E-state index in [0.717, 1.165) is 27.2 Å². The molecule has 1 fully saturated rings. The number of ether oxygens (including phenoxy) is 1. The first kappa shape index (κ1) is 19.4. The molecule has 1 heterocycles. The van der Waals surface area contributed by atoms with Gasteiger partial charge in [0.05, 0.1) is 17.5 Å². The highest BCUT2D eigenvalue weighted by atomic mass is 32.2. The molecule has 2 aromatic rings. The highest BCUT2D eigenvalue weighted by molar-refractivity contribution is 7.91. The van der Waals surface area contributed by atoms with Gasteiger partial charge < -0.3 is 9.84 Å². The van der Waals surface area contributed by atoms with Gasteiger partial charge in [-0.05, 0) is 28.7 Å². The quantitative estimate of drug-likeness (QED) is 0.805. The zero-order valence-electron chi connectivity index (χ0n) is 15.7. The Morgan fingerprint density at radius 1 is 1.03 bits per heavy atom. The number of carbonyl (C=O) groups is 2. The summed E-state index contributed by atoms with van der Waals surface area (Å²) in [5, 5.41) is 9.16. The van der Waals surface area contributed by atoms with Crippen LogP contribution in [0.25, 0.3) is 11.1 Å². The van der Waals surface area contributed by atoms with Gasteiger partial charge in [0.15, 0.2) is 9.84 Å². The van der Waals surface area contributed by atoms with Gasteiger partial charge in [-0.25, -0.2) is 13.2 Å². The number of rotatable bonds is 5. The second kappa shape index (κ2) is 7.51. The average Bonchev–Trinajstić information content (AvgIpc) is 3.21. The van der Waals surface area contributed by atoms with Crippen LogP contribution in [0.2, 0.25) is 0 Å². The Bertz CT molecular complexity index is 1020. The molecule has 0 spiro atoms. The number of nitrogens with zero attached hydrogens (tertiary/aromatic N) is 1. The zero-order chi connectivity index (χ0) is 20.6. The van der Waals surface area contributed by atoms with Crippen LogP contribution in [0.15, 0.2) is 48.5 Å². The number of carboxylic acid groups (broad SMARTS) is 1. The molecule has 2 aliphatic rings. The number of carbonyl (C=O) groups excluding carboxylic acids is 1. The standard InChI is InChI=1S/C21H21NO6S/c23-20(24)11-22(14-9-10-29(26,27)13-14)21(25)28-12-19-17-7-3-1-5-15(17)16-6-2-4-8-18(16)19/h1-8,14,19H,9-13H2,(H,23,24). The lowest BCUT2D eigenvalue weighted by Crippen LogP contribution is -2.44. The summed E-state index contributed by atoms with van der Waals surface area (Å²) in [5.41, 5.74) is 4.28.